The quantitative estimate of drug-likeness (QED) is 0.563. The average Bonchev–Trinajstić information content (AvgIpc) is 3.18. The summed E-state index contributed by atoms with van der Waals surface area (Å²) in [5, 5.41) is 2.89. The second-order valence-corrected chi connectivity index (χ2v) is 10.3. The van der Waals surface area contributed by atoms with E-state index in [0.717, 1.165) is 11.1 Å². The minimum Gasteiger partial charge on any atom is -0.348 e. The topological polar surface area (TPSA) is 93.1 Å². The van der Waals surface area contributed by atoms with Gasteiger partial charge in [0.1, 0.15) is 4.90 Å². The number of amides is 1. The van der Waals surface area contributed by atoms with Crippen LogP contribution in [0.15, 0.2) is 66.1 Å². The van der Waals surface area contributed by atoms with Crippen molar-refractivity contribution in [3.05, 3.63) is 82.9 Å². The monoisotopic (exact) mass is 460 g/mol. The first-order chi connectivity index (χ1) is 14.5. The number of halogens is 1. The number of sulfonamides is 1. The van der Waals surface area contributed by atoms with Crippen LogP contribution in [0.1, 0.15) is 42.3 Å². The summed E-state index contributed by atoms with van der Waals surface area (Å²) in [6.45, 7) is 6.18. The number of benzene rings is 2. The molecule has 1 heterocycles. The maximum absolute atomic E-state index is 12.7. The second kappa shape index (κ2) is 9.21. The Bertz CT molecular complexity index is 1170. The summed E-state index contributed by atoms with van der Waals surface area (Å²) in [5.41, 5.74) is 1.55. The Hall–Kier alpha value is -2.68. The molecule has 31 heavy (non-hydrogen) atoms. The largest absolute Gasteiger partial charge is 0.348 e. The molecule has 0 radical (unpaired) electrons. The van der Waals surface area contributed by atoms with E-state index in [9.17, 15) is 13.2 Å². The lowest BCUT2D eigenvalue weighted by Gasteiger charge is -2.21. The van der Waals surface area contributed by atoms with Gasteiger partial charge < -0.3 is 9.88 Å². The standard InChI is InChI=1S/C22H25ClN4O3S/c1-22(2,3)26-31(29,30)20-12-18(7-8-19(20)23)21(28)25-13-16-5-4-6-17(11-16)14-27-10-9-24-15-27/h4-12,15,26H,13-14H2,1-3H3,(H,25,28). The number of nitrogens with one attached hydrogen (secondary N) is 2. The number of hydrogen-bond acceptors (Lipinski definition) is 4. The maximum atomic E-state index is 12.7. The molecule has 1 amide bonds. The van der Waals surface area contributed by atoms with Crippen LogP contribution in [0.5, 0.6) is 0 Å². The highest BCUT2D eigenvalue weighted by Gasteiger charge is 2.25. The van der Waals surface area contributed by atoms with Crippen LogP contribution in [0.4, 0.5) is 0 Å². The van der Waals surface area contributed by atoms with Crippen molar-refractivity contribution in [3.63, 3.8) is 0 Å². The lowest BCUT2D eigenvalue weighted by molar-refractivity contribution is 0.0950. The fourth-order valence-electron chi connectivity index (χ4n) is 3.02. The minimum absolute atomic E-state index is 0.0560. The molecule has 0 aliphatic carbocycles. The van der Waals surface area contributed by atoms with Gasteiger partial charge in [0.15, 0.2) is 0 Å². The fourth-order valence-corrected chi connectivity index (χ4v) is 4.97. The van der Waals surface area contributed by atoms with Crippen molar-refractivity contribution in [1.29, 1.82) is 0 Å². The molecular formula is C22H25ClN4O3S. The molecule has 1 aromatic heterocycles. The molecule has 2 N–H and O–H groups in total. The van der Waals surface area contributed by atoms with E-state index in [0.29, 0.717) is 13.1 Å². The van der Waals surface area contributed by atoms with Gasteiger partial charge in [-0.1, -0.05) is 35.9 Å². The number of rotatable bonds is 7. The van der Waals surface area contributed by atoms with E-state index in [1.54, 1.807) is 33.3 Å². The first-order valence-corrected chi connectivity index (χ1v) is 11.5. The van der Waals surface area contributed by atoms with Gasteiger partial charge in [-0.15, -0.1) is 0 Å². The summed E-state index contributed by atoms with van der Waals surface area (Å²) in [4.78, 5) is 16.6. The molecule has 0 saturated carbocycles. The molecule has 0 aliphatic rings. The highest BCUT2D eigenvalue weighted by molar-refractivity contribution is 7.89. The van der Waals surface area contributed by atoms with Crippen LogP contribution >= 0.6 is 11.6 Å². The fraction of sp³-hybridized carbons (Fsp3) is 0.273. The number of carbonyl (C=O) groups excluding carboxylic acids is 1. The van der Waals surface area contributed by atoms with Crippen LogP contribution < -0.4 is 10.0 Å². The molecule has 9 heteroatoms. The predicted molar refractivity (Wildman–Crippen MR) is 120 cm³/mol. The third kappa shape index (κ3) is 6.40. The summed E-state index contributed by atoms with van der Waals surface area (Å²) in [6, 6.07) is 12.1. The molecule has 3 aromatic rings. The van der Waals surface area contributed by atoms with Crippen molar-refractivity contribution in [2.24, 2.45) is 0 Å². The van der Waals surface area contributed by atoms with Crippen molar-refractivity contribution >= 4 is 27.5 Å². The average molecular weight is 461 g/mol. The summed E-state index contributed by atoms with van der Waals surface area (Å²) < 4.78 is 29.8. The number of carbonyl (C=O) groups is 1. The summed E-state index contributed by atoms with van der Waals surface area (Å²) in [5.74, 6) is -0.385. The Kier molecular flexibility index (Phi) is 6.83. The zero-order valence-corrected chi connectivity index (χ0v) is 19.2. The molecule has 0 unspecified atom stereocenters. The molecule has 0 aliphatic heterocycles. The zero-order valence-electron chi connectivity index (χ0n) is 17.6. The van der Waals surface area contributed by atoms with Crippen LogP contribution in [-0.2, 0) is 23.1 Å². The lowest BCUT2D eigenvalue weighted by atomic mass is 10.1. The predicted octanol–water partition coefficient (Wildman–Crippen LogP) is 3.59. The Balaban J connectivity index is 1.71. The van der Waals surface area contributed by atoms with Gasteiger partial charge in [0.05, 0.1) is 11.3 Å². The number of aromatic nitrogens is 2. The number of nitrogens with zero attached hydrogens (tertiary/aromatic N) is 2. The van der Waals surface area contributed by atoms with Gasteiger partial charge in [-0.3, -0.25) is 4.79 Å². The Morgan fingerprint density at radius 3 is 2.55 bits per heavy atom. The zero-order chi connectivity index (χ0) is 22.6. The summed E-state index contributed by atoms with van der Waals surface area (Å²) in [6.07, 6.45) is 5.35. The third-order valence-electron chi connectivity index (χ3n) is 4.29. The van der Waals surface area contributed by atoms with Crippen molar-refractivity contribution in [1.82, 2.24) is 19.6 Å². The van der Waals surface area contributed by atoms with Gasteiger partial charge in [0, 0.05) is 36.6 Å². The molecule has 0 atom stereocenters. The van der Waals surface area contributed by atoms with E-state index in [1.165, 1.54) is 18.2 Å². The van der Waals surface area contributed by atoms with Gasteiger partial charge >= 0.3 is 0 Å². The van der Waals surface area contributed by atoms with Crippen molar-refractivity contribution < 1.29 is 13.2 Å². The van der Waals surface area contributed by atoms with Crippen LogP contribution in [-0.4, -0.2) is 29.4 Å². The molecule has 3 rings (SSSR count). The Labute approximate surface area is 187 Å². The SMILES string of the molecule is CC(C)(C)NS(=O)(=O)c1cc(C(=O)NCc2cccc(Cn3ccnc3)c2)ccc1Cl. The van der Waals surface area contributed by atoms with Crippen molar-refractivity contribution in [2.75, 3.05) is 0 Å². The molecule has 2 aromatic carbocycles. The van der Waals surface area contributed by atoms with Crippen LogP contribution in [0.25, 0.3) is 0 Å². The highest BCUT2D eigenvalue weighted by atomic mass is 35.5. The van der Waals surface area contributed by atoms with E-state index in [1.807, 2.05) is 35.0 Å². The molecule has 0 fully saturated rings. The third-order valence-corrected chi connectivity index (χ3v) is 6.53. The Morgan fingerprint density at radius 1 is 1.13 bits per heavy atom. The lowest BCUT2D eigenvalue weighted by Crippen LogP contribution is -2.40. The van der Waals surface area contributed by atoms with E-state index < -0.39 is 15.6 Å². The van der Waals surface area contributed by atoms with Crippen molar-refractivity contribution in [2.45, 2.75) is 44.3 Å². The van der Waals surface area contributed by atoms with Gasteiger partial charge in [-0.2, -0.15) is 0 Å². The van der Waals surface area contributed by atoms with Crippen LogP contribution in [0, 0.1) is 0 Å². The van der Waals surface area contributed by atoms with Gasteiger partial charge in [0.25, 0.3) is 5.91 Å². The molecule has 0 bridgehead atoms. The maximum Gasteiger partial charge on any atom is 0.251 e. The Morgan fingerprint density at radius 2 is 1.87 bits per heavy atom. The molecule has 164 valence electrons. The van der Waals surface area contributed by atoms with Crippen LogP contribution in [0.3, 0.4) is 0 Å². The van der Waals surface area contributed by atoms with E-state index in [-0.39, 0.29) is 21.4 Å². The molecule has 0 spiro atoms. The van der Waals surface area contributed by atoms with E-state index in [4.69, 9.17) is 11.6 Å². The number of hydrogen-bond donors (Lipinski definition) is 2. The molecular weight excluding hydrogens is 436 g/mol. The minimum atomic E-state index is -3.87. The molecule has 7 nitrogen and oxygen atoms in total. The van der Waals surface area contributed by atoms with Gasteiger partial charge in [0.2, 0.25) is 10.0 Å². The van der Waals surface area contributed by atoms with E-state index >= 15 is 0 Å². The number of imidazole rings is 1. The molecule has 0 saturated heterocycles. The highest BCUT2D eigenvalue weighted by Crippen LogP contribution is 2.24. The van der Waals surface area contributed by atoms with Gasteiger partial charge in [-0.05, 0) is 50.1 Å². The summed E-state index contributed by atoms with van der Waals surface area (Å²) >= 11 is 6.11. The van der Waals surface area contributed by atoms with Gasteiger partial charge in [-0.25, -0.2) is 18.1 Å². The van der Waals surface area contributed by atoms with E-state index in [2.05, 4.69) is 15.0 Å². The first kappa shape index (κ1) is 23.0. The van der Waals surface area contributed by atoms with Crippen molar-refractivity contribution in [3.8, 4) is 0 Å². The smallest absolute Gasteiger partial charge is 0.251 e. The first-order valence-electron chi connectivity index (χ1n) is 9.69. The van der Waals surface area contributed by atoms with Crippen LogP contribution in [0.2, 0.25) is 5.02 Å². The second-order valence-electron chi connectivity index (χ2n) is 8.24. The summed E-state index contributed by atoms with van der Waals surface area (Å²) in [7, 11) is -3.87. The normalized spacial score (nSPS) is 12.0.